The maximum absolute atomic E-state index is 12.8. The highest BCUT2D eigenvalue weighted by molar-refractivity contribution is 5.93. The van der Waals surface area contributed by atoms with Crippen molar-refractivity contribution in [3.8, 4) is 0 Å². The predicted octanol–water partition coefficient (Wildman–Crippen LogP) is 2.91. The van der Waals surface area contributed by atoms with E-state index >= 15 is 0 Å². The molecule has 0 fully saturated rings. The molecule has 18 heavy (non-hydrogen) atoms. The zero-order valence-electron chi connectivity index (χ0n) is 10.2. The lowest BCUT2D eigenvalue weighted by Gasteiger charge is -2.34. The number of amides is 1. The van der Waals surface area contributed by atoms with Crippen molar-refractivity contribution in [1.29, 1.82) is 0 Å². The van der Waals surface area contributed by atoms with Gasteiger partial charge in [0.15, 0.2) is 0 Å². The Labute approximate surface area is 104 Å². The lowest BCUT2D eigenvalue weighted by Crippen LogP contribution is -2.53. The number of carbonyl (C=O) groups excluding carboxylic acids is 1. The Kier molecular flexibility index (Phi) is 4.72. The summed E-state index contributed by atoms with van der Waals surface area (Å²) in [5.41, 5.74) is 0.238. The van der Waals surface area contributed by atoms with Crippen LogP contribution in [-0.2, 0) is 0 Å². The van der Waals surface area contributed by atoms with Crippen LogP contribution in [0.2, 0.25) is 0 Å². The van der Waals surface area contributed by atoms with Gasteiger partial charge in [0.2, 0.25) is 0 Å². The minimum absolute atomic E-state index is 0.0406. The van der Waals surface area contributed by atoms with Crippen LogP contribution in [0.15, 0.2) is 30.3 Å². The Balaban J connectivity index is 2.99. The summed E-state index contributed by atoms with van der Waals surface area (Å²) in [6.07, 6.45) is -4.56. The van der Waals surface area contributed by atoms with Crippen molar-refractivity contribution in [3.05, 3.63) is 35.9 Å². The molecule has 0 spiro atoms. The fourth-order valence-corrected chi connectivity index (χ4v) is 1.64. The Bertz CT molecular complexity index is 392. The van der Waals surface area contributed by atoms with Gasteiger partial charge in [0.1, 0.15) is 0 Å². The molecule has 1 aromatic rings. The highest BCUT2D eigenvalue weighted by Crippen LogP contribution is 2.24. The van der Waals surface area contributed by atoms with Crippen LogP contribution in [0.4, 0.5) is 13.2 Å². The van der Waals surface area contributed by atoms with E-state index in [1.165, 1.54) is 26.0 Å². The zero-order valence-corrected chi connectivity index (χ0v) is 10.2. The third kappa shape index (κ3) is 3.22. The largest absolute Gasteiger partial charge is 0.477 e. The van der Waals surface area contributed by atoms with E-state index in [9.17, 15) is 18.0 Å². The molecule has 0 aliphatic rings. The van der Waals surface area contributed by atoms with Crippen LogP contribution < -0.4 is 0 Å². The fourth-order valence-electron chi connectivity index (χ4n) is 1.64. The monoisotopic (exact) mass is 260 g/mol. The number of benzene rings is 1. The highest BCUT2D eigenvalue weighted by atomic mass is 19.4. The van der Waals surface area contributed by atoms with Crippen LogP contribution in [0.25, 0.3) is 0 Å². The third-order valence-corrected chi connectivity index (χ3v) is 2.44. The lowest BCUT2D eigenvalue weighted by atomic mass is 10.2. The van der Waals surface area contributed by atoms with E-state index in [0.717, 1.165) is 0 Å². The Morgan fingerprint density at radius 2 is 1.67 bits per heavy atom. The first-order valence-corrected chi connectivity index (χ1v) is 5.63. The summed E-state index contributed by atoms with van der Waals surface area (Å²) in [6.45, 7) is 2.51. The second kappa shape index (κ2) is 5.86. The quantitative estimate of drug-likeness (QED) is 0.614. The number of rotatable bonds is 4. The first kappa shape index (κ1) is 14.5. The summed E-state index contributed by atoms with van der Waals surface area (Å²) in [7, 11) is 0. The molecule has 0 aromatic heterocycles. The lowest BCUT2D eigenvalue weighted by molar-refractivity contribution is -0.298. The number of nitrogens with zero attached hydrogens (tertiary/aromatic N) is 2. The van der Waals surface area contributed by atoms with Gasteiger partial charge < -0.3 is 0 Å². The van der Waals surface area contributed by atoms with Gasteiger partial charge in [0, 0.05) is 18.7 Å². The minimum atomic E-state index is -4.56. The molecule has 0 unspecified atom stereocenters. The molecule has 0 radical (unpaired) electrons. The van der Waals surface area contributed by atoms with Gasteiger partial charge in [-0.2, -0.15) is 13.2 Å². The van der Waals surface area contributed by atoms with Crippen LogP contribution in [0, 0.1) is 0 Å². The maximum atomic E-state index is 12.8. The van der Waals surface area contributed by atoms with E-state index in [0.29, 0.717) is 5.01 Å². The van der Waals surface area contributed by atoms with Gasteiger partial charge in [-0.3, -0.25) is 9.80 Å². The number of hydrogen-bond acceptors (Lipinski definition) is 2. The molecule has 0 aliphatic carbocycles. The Morgan fingerprint density at radius 1 is 1.11 bits per heavy atom. The van der Waals surface area contributed by atoms with Gasteiger partial charge in [-0.05, 0) is 19.1 Å². The molecule has 0 heterocycles. The Hall–Kier alpha value is -1.56. The summed E-state index contributed by atoms with van der Waals surface area (Å²) >= 11 is 0. The van der Waals surface area contributed by atoms with Crippen LogP contribution in [0.5, 0.6) is 0 Å². The van der Waals surface area contributed by atoms with Gasteiger partial charge >= 0.3 is 6.30 Å². The van der Waals surface area contributed by atoms with Gasteiger partial charge in [-0.15, -0.1) is 5.01 Å². The van der Waals surface area contributed by atoms with Crippen LogP contribution in [0.3, 0.4) is 0 Å². The average Bonchev–Trinajstić information content (AvgIpc) is 2.34. The van der Waals surface area contributed by atoms with Crippen molar-refractivity contribution in [1.82, 2.24) is 10.0 Å². The van der Waals surface area contributed by atoms with Gasteiger partial charge in [-0.25, -0.2) is 0 Å². The summed E-state index contributed by atoms with van der Waals surface area (Å²) in [6, 6.07) is 7.93. The molecule has 100 valence electrons. The molecule has 1 amide bonds. The molecule has 1 rings (SSSR count). The standard InChI is InChI=1S/C12H15F3N2O/c1-3-16(17(4-2)12(13,14)15)11(18)10-8-6-5-7-9-10/h5-9H,3-4H2,1-2H3. The summed E-state index contributed by atoms with van der Waals surface area (Å²) in [5.74, 6) is -0.655. The zero-order chi connectivity index (χ0) is 13.8. The maximum Gasteiger partial charge on any atom is 0.477 e. The number of halogens is 3. The fraction of sp³-hybridized carbons (Fsp3) is 0.417. The first-order valence-electron chi connectivity index (χ1n) is 5.63. The smallest absolute Gasteiger partial charge is 0.268 e. The van der Waals surface area contributed by atoms with E-state index in [1.54, 1.807) is 18.2 Å². The molecule has 3 nitrogen and oxygen atoms in total. The topological polar surface area (TPSA) is 23.6 Å². The minimum Gasteiger partial charge on any atom is -0.268 e. The van der Waals surface area contributed by atoms with Crippen LogP contribution >= 0.6 is 0 Å². The number of alkyl halides is 3. The van der Waals surface area contributed by atoms with Gasteiger partial charge in [-0.1, -0.05) is 25.1 Å². The van der Waals surface area contributed by atoms with E-state index in [1.807, 2.05) is 0 Å². The van der Waals surface area contributed by atoms with Crippen molar-refractivity contribution in [2.75, 3.05) is 13.1 Å². The number of hydrogen-bond donors (Lipinski definition) is 0. The van der Waals surface area contributed by atoms with Crippen molar-refractivity contribution in [3.63, 3.8) is 0 Å². The SMILES string of the molecule is CCN(C(=O)c1ccccc1)N(CC)C(F)(F)F. The van der Waals surface area contributed by atoms with Gasteiger partial charge in [0.05, 0.1) is 0 Å². The molecular weight excluding hydrogens is 245 g/mol. The van der Waals surface area contributed by atoms with Crippen LogP contribution in [-0.4, -0.2) is 35.3 Å². The molecule has 0 bridgehead atoms. The predicted molar refractivity (Wildman–Crippen MR) is 61.6 cm³/mol. The normalized spacial score (nSPS) is 11.7. The van der Waals surface area contributed by atoms with E-state index in [-0.39, 0.29) is 23.7 Å². The highest BCUT2D eigenvalue weighted by Gasteiger charge is 2.41. The molecule has 0 saturated heterocycles. The van der Waals surface area contributed by atoms with Gasteiger partial charge in [0.25, 0.3) is 5.91 Å². The number of hydrazine groups is 1. The molecule has 6 heteroatoms. The molecule has 0 N–H and O–H groups in total. The summed E-state index contributed by atoms with van der Waals surface area (Å²) in [4.78, 5) is 12.0. The second-order valence-electron chi connectivity index (χ2n) is 3.57. The molecule has 1 aromatic carbocycles. The molecule has 0 aliphatic heterocycles. The van der Waals surface area contributed by atoms with Crippen molar-refractivity contribution < 1.29 is 18.0 Å². The third-order valence-electron chi connectivity index (χ3n) is 2.44. The number of carbonyl (C=O) groups is 1. The average molecular weight is 260 g/mol. The van der Waals surface area contributed by atoms with Crippen LogP contribution in [0.1, 0.15) is 24.2 Å². The van der Waals surface area contributed by atoms with Crippen molar-refractivity contribution in [2.45, 2.75) is 20.1 Å². The van der Waals surface area contributed by atoms with E-state index in [2.05, 4.69) is 0 Å². The van der Waals surface area contributed by atoms with Crippen molar-refractivity contribution >= 4 is 5.91 Å². The second-order valence-corrected chi connectivity index (χ2v) is 3.57. The summed E-state index contributed by atoms with van der Waals surface area (Å²) < 4.78 is 38.3. The van der Waals surface area contributed by atoms with E-state index < -0.39 is 12.2 Å². The molecule has 0 saturated carbocycles. The molecule has 0 atom stereocenters. The van der Waals surface area contributed by atoms with Crippen molar-refractivity contribution in [2.24, 2.45) is 0 Å². The first-order chi connectivity index (χ1) is 8.41. The Morgan fingerprint density at radius 3 is 2.06 bits per heavy atom. The molecular formula is C12H15F3N2O. The summed E-state index contributed by atoms with van der Waals surface area (Å²) in [5, 5.41) is 0.817. The van der Waals surface area contributed by atoms with E-state index in [4.69, 9.17) is 0 Å².